The van der Waals surface area contributed by atoms with Gasteiger partial charge in [-0.3, -0.25) is 14.5 Å². The topological polar surface area (TPSA) is 81.2 Å². The quantitative estimate of drug-likeness (QED) is 0.604. The number of aryl methyl sites for hydroxylation is 1. The Hall–Kier alpha value is -2.65. The molecule has 2 aliphatic heterocycles. The molecule has 1 aromatic carbocycles. The summed E-state index contributed by atoms with van der Waals surface area (Å²) >= 11 is 1.44. The number of nitrogens with zero attached hydrogens (tertiary/aromatic N) is 3. The second-order valence-electron chi connectivity index (χ2n) is 8.10. The van der Waals surface area contributed by atoms with Crippen LogP contribution in [-0.4, -0.2) is 67.8 Å². The minimum atomic E-state index is -0.115. The molecule has 3 heterocycles. The van der Waals surface area contributed by atoms with Crippen LogP contribution in [0.1, 0.15) is 36.9 Å². The van der Waals surface area contributed by atoms with Crippen LogP contribution < -0.4 is 14.4 Å². The van der Waals surface area contributed by atoms with Crippen molar-refractivity contribution in [1.82, 2.24) is 9.88 Å². The van der Waals surface area contributed by atoms with Crippen molar-refractivity contribution in [2.24, 2.45) is 0 Å². The Balaban J connectivity index is 1.44. The van der Waals surface area contributed by atoms with Crippen LogP contribution >= 0.6 is 11.3 Å². The van der Waals surface area contributed by atoms with Crippen LogP contribution in [-0.2, 0) is 14.3 Å². The monoisotopic (exact) mass is 459 g/mol. The molecule has 2 atom stereocenters. The zero-order valence-electron chi connectivity index (χ0n) is 18.7. The Kier molecular flexibility index (Phi) is 6.95. The number of hydrogen-bond acceptors (Lipinski definition) is 7. The maximum absolute atomic E-state index is 12.9. The largest absolute Gasteiger partial charge is 0.493 e. The molecule has 2 saturated heterocycles. The van der Waals surface area contributed by atoms with Crippen LogP contribution in [0.4, 0.5) is 5.13 Å². The van der Waals surface area contributed by atoms with E-state index in [1.807, 2.05) is 37.4 Å². The van der Waals surface area contributed by atoms with Gasteiger partial charge >= 0.3 is 0 Å². The van der Waals surface area contributed by atoms with E-state index in [4.69, 9.17) is 14.2 Å². The molecule has 172 valence electrons. The highest BCUT2D eigenvalue weighted by Gasteiger charge is 2.33. The Morgan fingerprint density at radius 3 is 2.88 bits per heavy atom. The summed E-state index contributed by atoms with van der Waals surface area (Å²) < 4.78 is 17.0. The van der Waals surface area contributed by atoms with Crippen LogP contribution in [0.2, 0.25) is 0 Å². The van der Waals surface area contributed by atoms with Gasteiger partial charge in [-0.2, -0.15) is 0 Å². The third-order valence-electron chi connectivity index (χ3n) is 5.84. The Morgan fingerprint density at radius 2 is 2.22 bits per heavy atom. The van der Waals surface area contributed by atoms with Gasteiger partial charge in [-0.05, 0) is 31.5 Å². The van der Waals surface area contributed by atoms with Gasteiger partial charge in [0, 0.05) is 37.2 Å². The number of carbonyl (C=O) groups excluding carboxylic acids is 2. The van der Waals surface area contributed by atoms with Crippen molar-refractivity contribution < 1.29 is 23.8 Å². The third kappa shape index (κ3) is 4.88. The number of hydrogen-bond donors (Lipinski definition) is 0. The van der Waals surface area contributed by atoms with E-state index in [0.717, 1.165) is 17.7 Å². The van der Waals surface area contributed by atoms with Crippen molar-refractivity contribution in [3.63, 3.8) is 0 Å². The van der Waals surface area contributed by atoms with Crippen LogP contribution in [0.25, 0.3) is 0 Å². The van der Waals surface area contributed by atoms with Gasteiger partial charge in [0.1, 0.15) is 12.6 Å². The summed E-state index contributed by atoms with van der Waals surface area (Å²) in [4.78, 5) is 33.3. The predicted molar refractivity (Wildman–Crippen MR) is 122 cm³/mol. The average Bonchev–Trinajstić information content (AvgIpc) is 3.52. The van der Waals surface area contributed by atoms with Crippen molar-refractivity contribution in [2.75, 3.05) is 44.9 Å². The van der Waals surface area contributed by atoms with Gasteiger partial charge in [0.15, 0.2) is 16.6 Å². The molecule has 8 nitrogen and oxygen atoms in total. The Bertz CT molecular complexity index is 972. The smallest absolute Gasteiger partial charge is 0.248 e. The number of carbonyl (C=O) groups is 2. The van der Waals surface area contributed by atoms with E-state index in [2.05, 4.69) is 4.98 Å². The first kappa shape index (κ1) is 22.5. The fraction of sp³-hybridized carbons (Fsp3) is 0.522. The summed E-state index contributed by atoms with van der Waals surface area (Å²) in [7, 11) is 1.61. The fourth-order valence-corrected chi connectivity index (χ4v) is 4.99. The SMILES string of the molecule is CCN(C(=O)CN1C[C@H](c2ccc(OC)c(O[C@@H]3CCOC3)c2)CC1=O)c1nc(C)cs1. The summed E-state index contributed by atoms with van der Waals surface area (Å²) in [6.07, 6.45) is 1.22. The standard InChI is InChI=1S/C23H29N3O5S/c1-4-26(23-24-15(2)14-32-23)22(28)12-25-11-17(10-21(25)27)16-5-6-19(29-3)20(9-16)31-18-7-8-30-13-18/h5-6,9,14,17-18H,4,7-8,10-13H2,1-3H3/t17-,18-/m1/s1. The number of methoxy groups -OCH3 is 1. The van der Waals surface area contributed by atoms with E-state index in [9.17, 15) is 9.59 Å². The van der Waals surface area contributed by atoms with E-state index in [1.54, 1.807) is 16.9 Å². The van der Waals surface area contributed by atoms with Gasteiger partial charge < -0.3 is 19.1 Å². The van der Waals surface area contributed by atoms with Crippen molar-refractivity contribution in [2.45, 2.75) is 38.7 Å². The summed E-state index contributed by atoms with van der Waals surface area (Å²) in [5.74, 6) is 1.20. The summed E-state index contributed by atoms with van der Waals surface area (Å²) in [6, 6.07) is 5.80. The van der Waals surface area contributed by atoms with Gasteiger partial charge in [0.05, 0.1) is 26.0 Å². The molecule has 32 heavy (non-hydrogen) atoms. The highest BCUT2D eigenvalue weighted by molar-refractivity contribution is 7.14. The average molecular weight is 460 g/mol. The van der Waals surface area contributed by atoms with Crippen molar-refractivity contribution >= 4 is 28.3 Å². The highest BCUT2D eigenvalue weighted by atomic mass is 32.1. The number of thiazole rings is 1. The lowest BCUT2D eigenvalue weighted by molar-refractivity contribution is -0.132. The molecule has 2 fully saturated rings. The number of benzene rings is 1. The molecule has 9 heteroatoms. The molecular formula is C23H29N3O5S. The molecule has 0 radical (unpaired) electrons. The number of rotatable bonds is 8. The zero-order chi connectivity index (χ0) is 22.7. The van der Waals surface area contributed by atoms with Crippen LogP contribution in [0.15, 0.2) is 23.6 Å². The van der Waals surface area contributed by atoms with E-state index in [1.165, 1.54) is 11.3 Å². The lowest BCUT2D eigenvalue weighted by atomic mass is 9.98. The zero-order valence-corrected chi connectivity index (χ0v) is 19.5. The number of likely N-dealkylation sites (N-methyl/N-ethyl adjacent to an activating group) is 1. The van der Waals surface area contributed by atoms with E-state index in [-0.39, 0.29) is 30.4 Å². The molecule has 2 aliphatic rings. The predicted octanol–water partition coefficient (Wildman–Crippen LogP) is 3.00. The minimum Gasteiger partial charge on any atom is -0.493 e. The van der Waals surface area contributed by atoms with E-state index < -0.39 is 0 Å². The first-order chi connectivity index (χ1) is 15.5. The summed E-state index contributed by atoms with van der Waals surface area (Å²) in [5, 5.41) is 2.59. The third-order valence-corrected chi connectivity index (χ3v) is 6.82. The molecule has 4 rings (SSSR count). The number of amides is 2. The molecule has 2 amide bonds. The van der Waals surface area contributed by atoms with Crippen molar-refractivity contribution in [3.8, 4) is 11.5 Å². The number of anilines is 1. The summed E-state index contributed by atoms with van der Waals surface area (Å²) in [5.41, 5.74) is 1.89. The molecule has 1 aromatic heterocycles. The number of aromatic nitrogens is 1. The van der Waals surface area contributed by atoms with Gasteiger partial charge in [-0.1, -0.05) is 6.07 Å². The van der Waals surface area contributed by atoms with Gasteiger partial charge in [0.25, 0.3) is 0 Å². The highest BCUT2D eigenvalue weighted by Crippen LogP contribution is 2.36. The first-order valence-electron chi connectivity index (χ1n) is 10.9. The maximum Gasteiger partial charge on any atom is 0.248 e. The maximum atomic E-state index is 12.9. The Morgan fingerprint density at radius 1 is 1.38 bits per heavy atom. The Labute approximate surface area is 192 Å². The van der Waals surface area contributed by atoms with Crippen molar-refractivity contribution in [1.29, 1.82) is 0 Å². The molecule has 0 bridgehead atoms. The minimum absolute atomic E-state index is 0.000526. The molecule has 0 saturated carbocycles. The van der Waals surface area contributed by atoms with E-state index in [0.29, 0.717) is 49.4 Å². The molecule has 0 spiro atoms. The van der Waals surface area contributed by atoms with Gasteiger partial charge in [0.2, 0.25) is 11.8 Å². The lowest BCUT2D eigenvalue weighted by Gasteiger charge is -2.22. The fourth-order valence-electron chi connectivity index (χ4n) is 4.11. The molecule has 2 aromatic rings. The summed E-state index contributed by atoms with van der Waals surface area (Å²) in [6.45, 7) is 6.15. The van der Waals surface area contributed by atoms with Crippen LogP contribution in [0.5, 0.6) is 11.5 Å². The molecular weight excluding hydrogens is 430 g/mol. The normalized spacial score (nSPS) is 20.6. The van der Waals surface area contributed by atoms with E-state index >= 15 is 0 Å². The van der Waals surface area contributed by atoms with Crippen molar-refractivity contribution in [3.05, 3.63) is 34.8 Å². The second kappa shape index (κ2) is 9.87. The van der Waals surface area contributed by atoms with Gasteiger partial charge in [-0.25, -0.2) is 4.98 Å². The number of ether oxygens (including phenoxy) is 3. The van der Waals surface area contributed by atoms with Crippen LogP contribution in [0, 0.1) is 6.92 Å². The lowest BCUT2D eigenvalue weighted by Crippen LogP contribution is -2.41. The number of likely N-dealkylation sites (tertiary alicyclic amines) is 1. The second-order valence-corrected chi connectivity index (χ2v) is 8.94. The molecule has 0 unspecified atom stereocenters. The molecule has 0 aliphatic carbocycles. The van der Waals surface area contributed by atoms with Crippen LogP contribution in [0.3, 0.4) is 0 Å². The first-order valence-corrected chi connectivity index (χ1v) is 11.8. The molecule has 0 N–H and O–H groups in total. The van der Waals surface area contributed by atoms with Gasteiger partial charge in [-0.15, -0.1) is 11.3 Å².